The van der Waals surface area contributed by atoms with Gasteiger partial charge in [0.2, 0.25) is 0 Å². The Morgan fingerprint density at radius 2 is 2.29 bits per heavy atom. The summed E-state index contributed by atoms with van der Waals surface area (Å²) in [6.45, 7) is 4.00. The highest BCUT2D eigenvalue weighted by atomic mass is 35.5. The number of pyridine rings is 1. The molecular formula is C9H10ClN3O. The van der Waals surface area contributed by atoms with Crippen molar-refractivity contribution in [2.24, 2.45) is 0 Å². The summed E-state index contributed by atoms with van der Waals surface area (Å²) in [5, 5.41) is 5.04. The minimum atomic E-state index is -0.195. The first-order valence-electron chi connectivity index (χ1n) is 4.35. The number of fused-ring (bicyclic) bond motifs is 1. The summed E-state index contributed by atoms with van der Waals surface area (Å²) in [5.41, 5.74) is 0.577. The van der Waals surface area contributed by atoms with E-state index in [9.17, 15) is 4.79 Å². The maximum absolute atomic E-state index is 11.4. The molecule has 2 aromatic heterocycles. The van der Waals surface area contributed by atoms with Crippen LogP contribution in [0.5, 0.6) is 0 Å². The lowest BCUT2D eigenvalue weighted by molar-refractivity contribution is 0.551. The molecule has 74 valence electrons. The van der Waals surface area contributed by atoms with E-state index >= 15 is 0 Å². The first kappa shape index (κ1) is 9.27. The number of aromatic nitrogens is 3. The third kappa shape index (κ3) is 1.32. The van der Waals surface area contributed by atoms with Crippen LogP contribution < -0.4 is 5.56 Å². The van der Waals surface area contributed by atoms with Gasteiger partial charge in [-0.15, -0.1) is 0 Å². The van der Waals surface area contributed by atoms with E-state index in [-0.39, 0.29) is 11.6 Å². The molecular weight excluding hydrogens is 202 g/mol. The number of rotatable bonds is 1. The van der Waals surface area contributed by atoms with E-state index in [1.807, 2.05) is 13.8 Å². The second-order valence-electron chi connectivity index (χ2n) is 3.43. The van der Waals surface area contributed by atoms with Crippen LogP contribution in [0.3, 0.4) is 0 Å². The lowest BCUT2D eigenvalue weighted by atomic mass is 10.3. The minimum absolute atomic E-state index is 0.195. The first-order valence-corrected chi connectivity index (χ1v) is 4.73. The summed E-state index contributed by atoms with van der Waals surface area (Å²) in [6.07, 6.45) is 1.56. The van der Waals surface area contributed by atoms with Crippen molar-refractivity contribution in [3.05, 3.63) is 27.8 Å². The van der Waals surface area contributed by atoms with Crippen molar-refractivity contribution in [1.82, 2.24) is 14.8 Å². The molecule has 5 heteroatoms. The van der Waals surface area contributed by atoms with Crippen molar-refractivity contribution < 1.29 is 0 Å². The highest BCUT2D eigenvalue weighted by Gasteiger charge is 2.09. The number of H-pyrrole nitrogens is 1. The van der Waals surface area contributed by atoms with Crippen LogP contribution in [0.15, 0.2) is 17.1 Å². The fraction of sp³-hybridized carbons (Fsp3) is 0.333. The largest absolute Gasteiger partial charge is 0.312 e. The van der Waals surface area contributed by atoms with Crippen LogP contribution in [0.2, 0.25) is 5.15 Å². The smallest absolute Gasteiger partial charge is 0.260 e. The fourth-order valence-corrected chi connectivity index (χ4v) is 1.62. The van der Waals surface area contributed by atoms with E-state index in [1.165, 1.54) is 0 Å². The molecule has 0 aliphatic rings. The van der Waals surface area contributed by atoms with Gasteiger partial charge in [0, 0.05) is 6.04 Å². The molecule has 0 aliphatic carbocycles. The molecule has 0 amide bonds. The molecule has 0 saturated carbocycles. The molecule has 0 unspecified atom stereocenters. The Balaban J connectivity index is 2.85. The Kier molecular flexibility index (Phi) is 2.07. The second kappa shape index (κ2) is 3.13. The van der Waals surface area contributed by atoms with E-state index in [1.54, 1.807) is 16.9 Å². The van der Waals surface area contributed by atoms with Gasteiger partial charge < -0.3 is 4.98 Å². The zero-order chi connectivity index (χ0) is 10.3. The number of hydrogen-bond donors (Lipinski definition) is 1. The van der Waals surface area contributed by atoms with Gasteiger partial charge in [0.1, 0.15) is 5.15 Å². The molecule has 0 spiro atoms. The lowest BCUT2D eigenvalue weighted by Gasteiger charge is -2.06. The summed E-state index contributed by atoms with van der Waals surface area (Å²) in [5.74, 6) is 0. The third-order valence-electron chi connectivity index (χ3n) is 2.06. The number of hydrogen-bond acceptors (Lipinski definition) is 2. The average molecular weight is 212 g/mol. The highest BCUT2D eigenvalue weighted by molar-refractivity contribution is 6.29. The normalized spacial score (nSPS) is 11.4. The fourth-order valence-electron chi connectivity index (χ4n) is 1.43. The minimum Gasteiger partial charge on any atom is -0.312 e. The standard InChI is InChI=1S/C9H10ClN3O/c1-5(2)13-7-3-8(10)12-9(14)6(7)4-11-13/h3-5H,1-2H3,(H,12,14). The number of nitrogens with one attached hydrogen (secondary N) is 1. The van der Waals surface area contributed by atoms with Gasteiger partial charge in [-0.2, -0.15) is 5.10 Å². The Morgan fingerprint density at radius 1 is 1.57 bits per heavy atom. The molecule has 0 radical (unpaired) electrons. The van der Waals surface area contributed by atoms with E-state index in [2.05, 4.69) is 10.1 Å². The van der Waals surface area contributed by atoms with Gasteiger partial charge in [-0.05, 0) is 19.9 Å². The van der Waals surface area contributed by atoms with Crippen LogP contribution in [-0.4, -0.2) is 14.8 Å². The number of halogens is 1. The lowest BCUT2D eigenvalue weighted by Crippen LogP contribution is -2.07. The predicted molar refractivity (Wildman–Crippen MR) is 55.7 cm³/mol. The highest BCUT2D eigenvalue weighted by Crippen LogP contribution is 2.16. The van der Waals surface area contributed by atoms with Gasteiger partial charge >= 0.3 is 0 Å². The van der Waals surface area contributed by atoms with E-state index in [4.69, 9.17) is 11.6 Å². The maximum Gasteiger partial charge on any atom is 0.260 e. The maximum atomic E-state index is 11.4. The van der Waals surface area contributed by atoms with Gasteiger partial charge in [-0.1, -0.05) is 11.6 Å². The number of nitrogens with zero attached hydrogens (tertiary/aromatic N) is 2. The molecule has 0 aliphatic heterocycles. The van der Waals surface area contributed by atoms with E-state index in [0.717, 1.165) is 5.52 Å². The zero-order valence-electron chi connectivity index (χ0n) is 7.91. The molecule has 2 aromatic rings. The third-order valence-corrected chi connectivity index (χ3v) is 2.27. The molecule has 0 bridgehead atoms. The Labute approximate surface area is 85.5 Å². The van der Waals surface area contributed by atoms with Gasteiger partial charge in [0.05, 0.1) is 17.1 Å². The summed E-state index contributed by atoms with van der Waals surface area (Å²) in [6, 6.07) is 1.93. The molecule has 2 heterocycles. The topological polar surface area (TPSA) is 50.7 Å². The molecule has 0 atom stereocenters. The van der Waals surface area contributed by atoms with Crippen molar-refractivity contribution in [3.8, 4) is 0 Å². The van der Waals surface area contributed by atoms with E-state index < -0.39 is 0 Å². The Morgan fingerprint density at radius 3 is 2.93 bits per heavy atom. The Bertz CT molecular complexity index is 526. The summed E-state index contributed by atoms with van der Waals surface area (Å²) >= 11 is 5.76. The molecule has 14 heavy (non-hydrogen) atoms. The van der Waals surface area contributed by atoms with Crippen LogP contribution in [0.4, 0.5) is 0 Å². The SMILES string of the molecule is CC(C)n1ncc2c(=O)[nH]c(Cl)cc21. The molecule has 2 rings (SSSR count). The Hall–Kier alpha value is -1.29. The molecule has 0 fully saturated rings. The van der Waals surface area contributed by atoms with E-state index in [0.29, 0.717) is 10.5 Å². The van der Waals surface area contributed by atoms with Gasteiger partial charge in [-0.3, -0.25) is 9.48 Å². The predicted octanol–water partition coefficient (Wildman–Crippen LogP) is 1.96. The van der Waals surface area contributed by atoms with Crippen molar-refractivity contribution in [3.63, 3.8) is 0 Å². The zero-order valence-corrected chi connectivity index (χ0v) is 8.67. The summed E-state index contributed by atoms with van der Waals surface area (Å²) in [4.78, 5) is 14.0. The monoisotopic (exact) mass is 211 g/mol. The molecule has 1 N–H and O–H groups in total. The van der Waals surface area contributed by atoms with Crippen LogP contribution in [-0.2, 0) is 0 Å². The average Bonchev–Trinajstić information content (AvgIpc) is 2.47. The number of aromatic amines is 1. The first-order chi connectivity index (χ1) is 6.59. The van der Waals surface area contributed by atoms with Gasteiger partial charge in [0.15, 0.2) is 0 Å². The summed E-state index contributed by atoms with van der Waals surface area (Å²) < 4.78 is 1.77. The second-order valence-corrected chi connectivity index (χ2v) is 3.84. The quantitative estimate of drug-likeness (QED) is 0.734. The molecule has 0 saturated heterocycles. The van der Waals surface area contributed by atoms with Crippen molar-refractivity contribution >= 4 is 22.5 Å². The van der Waals surface area contributed by atoms with Crippen LogP contribution in [0.25, 0.3) is 10.9 Å². The van der Waals surface area contributed by atoms with Gasteiger partial charge in [-0.25, -0.2) is 0 Å². The van der Waals surface area contributed by atoms with Crippen LogP contribution in [0.1, 0.15) is 19.9 Å². The van der Waals surface area contributed by atoms with Crippen molar-refractivity contribution in [1.29, 1.82) is 0 Å². The molecule has 4 nitrogen and oxygen atoms in total. The molecule has 0 aromatic carbocycles. The van der Waals surface area contributed by atoms with Crippen LogP contribution >= 0.6 is 11.6 Å². The van der Waals surface area contributed by atoms with Crippen LogP contribution in [0, 0.1) is 0 Å². The van der Waals surface area contributed by atoms with Crippen molar-refractivity contribution in [2.45, 2.75) is 19.9 Å². The summed E-state index contributed by atoms with van der Waals surface area (Å²) in [7, 11) is 0. The van der Waals surface area contributed by atoms with Crippen molar-refractivity contribution in [2.75, 3.05) is 0 Å². The van der Waals surface area contributed by atoms with Gasteiger partial charge in [0.25, 0.3) is 5.56 Å².